The fourth-order valence-corrected chi connectivity index (χ4v) is 3.94. The standard InChI is InChI=1S/C24H16Cl3N3O/c1-14-6-7-21-22(8-14)30-24(29-21)17(12-28)9-15-10-19(26)23(20(27)11-15)31-13-16-4-2-3-5-18(16)25/h2-11H,13H2,1H3,(H,29,30). The number of benzene rings is 3. The van der Waals surface area contributed by atoms with Crippen LogP contribution in [-0.2, 0) is 6.61 Å². The number of ether oxygens (including phenoxy) is 1. The summed E-state index contributed by atoms with van der Waals surface area (Å²) < 4.78 is 5.80. The Morgan fingerprint density at radius 2 is 1.81 bits per heavy atom. The fourth-order valence-electron chi connectivity index (χ4n) is 3.14. The molecule has 0 aliphatic heterocycles. The van der Waals surface area contributed by atoms with Crippen molar-refractivity contribution in [2.24, 2.45) is 0 Å². The Balaban J connectivity index is 1.62. The molecule has 0 spiro atoms. The van der Waals surface area contributed by atoms with Crippen LogP contribution in [0.2, 0.25) is 15.1 Å². The summed E-state index contributed by atoms with van der Waals surface area (Å²) in [5.74, 6) is 0.840. The van der Waals surface area contributed by atoms with E-state index in [0.717, 1.165) is 22.2 Å². The highest BCUT2D eigenvalue weighted by Crippen LogP contribution is 2.36. The highest BCUT2D eigenvalue weighted by molar-refractivity contribution is 6.37. The van der Waals surface area contributed by atoms with Gasteiger partial charge in [-0.15, -0.1) is 0 Å². The van der Waals surface area contributed by atoms with Gasteiger partial charge >= 0.3 is 0 Å². The van der Waals surface area contributed by atoms with Crippen molar-refractivity contribution < 1.29 is 4.74 Å². The Hall–Kier alpha value is -2.97. The summed E-state index contributed by atoms with van der Waals surface area (Å²) in [4.78, 5) is 7.69. The van der Waals surface area contributed by atoms with Crippen molar-refractivity contribution in [2.45, 2.75) is 13.5 Å². The molecule has 0 radical (unpaired) electrons. The van der Waals surface area contributed by atoms with Gasteiger partial charge in [-0.1, -0.05) is 59.1 Å². The van der Waals surface area contributed by atoms with Gasteiger partial charge in [0.05, 0.1) is 26.7 Å². The minimum Gasteiger partial charge on any atom is -0.486 e. The summed E-state index contributed by atoms with van der Waals surface area (Å²) in [5, 5.41) is 10.9. The molecular weight excluding hydrogens is 453 g/mol. The number of H-pyrrole nitrogens is 1. The summed E-state index contributed by atoms with van der Waals surface area (Å²) in [6.07, 6.45) is 1.68. The van der Waals surface area contributed by atoms with E-state index in [1.54, 1.807) is 24.3 Å². The van der Waals surface area contributed by atoms with Crippen molar-refractivity contribution in [1.82, 2.24) is 9.97 Å². The molecule has 0 fully saturated rings. The van der Waals surface area contributed by atoms with E-state index in [1.807, 2.05) is 43.3 Å². The number of rotatable bonds is 5. The molecule has 0 aliphatic carbocycles. The molecule has 0 unspecified atom stereocenters. The number of fused-ring (bicyclic) bond motifs is 1. The van der Waals surface area contributed by atoms with Gasteiger partial charge in [0.15, 0.2) is 5.75 Å². The van der Waals surface area contributed by atoms with E-state index in [-0.39, 0.29) is 6.61 Å². The molecule has 1 aromatic heterocycles. The van der Waals surface area contributed by atoms with E-state index in [4.69, 9.17) is 39.5 Å². The van der Waals surface area contributed by atoms with Gasteiger partial charge in [0.2, 0.25) is 0 Å². The second-order valence-electron chi connectivity index (χ2n) is 6.97. The van der Waals surface area contributed by atoms with Gasteiger partial charge < -0.3 is 9.72 Å². The largest absolute Gasteiger partial charge is 0.486 e. The molecule has 4 rings (SSSR count). The van der Waals surface area contributed by atoms with Crippen molar-refractivity contribution >= 4 is 57.5 Å². The maximum absolute atomic E-state index is 9.67. The predicted molar refractivity (Wildman–Crippen MR) is 127 cm³/mol. The first-order valence-corrected chi connectivity index (χ1v) is 10.5. The Morgan fingerprint density at radius 3 is 2.52 bits per heavy atom. The van der Waals surface area contributed by atoms with Gasteiger partial charge in [0.25, 0.3) is 0 Å². The van der Waals surface area contributed by atoms with Gasteiger partial charge in [0, 0.05) is 10.6 Å². The summed E-state index contributed by atoms with van der Waals surface area (Å²) >= 11 is 19.0. The van der Waals surface area contributed by atoms with Crippen molar-refractivity contribution in [3.63, 3.8) is 0 Å². The zero-order valence-corrected chi connectivity index (χ0v) is 18.7. The summed E-state index contributed by atoms with van der Waals surface area (Å²) in [7, 11) is 0. The molecule has 0 saturated carbocycles. The zero-order chi connectivity index (χ0) is 22.0. The van der Waals surface area contributed by atoms with Crippen LogP contribution in [0.4, 0.5) is 0 Å². The van der Waals surface area contributed by atoms with Crippen LogP contribution in [-0.4, -0.2) is 9.97 Å². The molecule has 0 atom stereocenters. The maximum Gasteiger partial charge on any atom is 0.157 e. The second kappa shape index (κ2) is 9.03. The van der Waals surface area contributed by atoms with Crippen molar-refractivity contribution in [3.8, 4) is 11.8 Å². The first-order valence-electron chi connectivity index (χ1n) is 9.38. The highest BCUT2D eigenvalue weighted by Gasteiger charge is 2.13. The first-order chi connectivity index (χ1) is 14.9. The first kappa shape index (κ1) is 21.3. The van der Waals surface area contributed by atoms with E-state index in [2.05, 4.69) is 16.0 Å². The van der Waals surface area contributed by atoms with Crippen LogP contribution in [0.15, 0.2) is 54.6 Å². The SMILES string of the molecule is Cc1ccc2nc(C(C#N)=Cc3cc(Cl)c(OCc4ccccc4Cl)c(Cl)c3)[nH]c2c1. The third kappa shape index (κ3) is 4.70. The van der Waals surface area contributed by atoms with Gasteiger partial charge in [-0.25, -0.2) is 4.98 Å². The normalized spacial score (nSPS) is 11.5. The molecule has 0 bridgehead atoms. The van der Waals surface area contributed by atoms with Crippen LogP contribution in [0.1, 0.15) is 22.5 Å². The van der Waals surface area contributed by atoms with Gasteiger partial charge in [-0.3, -0.25) is 0 Å². The number of nitrogens with zero attached hydrogens (tertiary/aromatic N) is 2. The van der Waals surface area contributed by atoms with Crippen LogP contribution < -0.4 is 4.74 Å². The molecule has 0 saturated heterocycles. The topological polar surface area (TPSA) is 61.7 Å². The van der Waals surface area contributed by atoms with Gasteiger partial charge in [-0.2, -0.15) is 5.26 Å². The van der Waals surface area contributed by atoms with Crippen molar-refractivity contribution in [2.75, 3.05) is 0 Å². The van der Waals surface area contributed by atoms with Crippen LogP contribution in [0.3, 0.4) is 0 Å². The number of allylic oxidation sites excluding steroid dienone is 1. The molecule has 1 heterocycles. The monoisotopic (exact) mass is 467 g/mol. The van der Waals surface area contributed by atoms with Crippen LogP contribution in [0.5, 0.6) is 5.75 Å². The molecule has 7 heteroatoms. The van der Waals surface area contributed by atoms with E-state index < -0.39 is 0 Å². The van der Waals surface area contributed by atoms with Gasteiger partial charge in [-0.05, 0) is 54.5 Å². The summed E-state index contributed by atoms with van der Waals surface area (Å²) in [6, 6.07) is 18.8. The quantitative estimate of drug-likeness (QED) is 0.309. The number of nitrogens with one attached hydrogen (secondary N) is 1. The average molecular weight is 469 g/mol. The lowest BCUT2D eigenvalue weighted by atomic mass is 10.1. The molecule has 0 amide bonds. The molecular formula is C24H16Cl3N3O. The molecule has 31 heavy (non-hydrogen) atoms. The fraction of sp³-hybridized carbons (Fsp3) is 0.0833. The number of imidazole rings is 1. The van der Waals surface area contributed by atoms with E-state index in [1.165, 1.54) is 0 Å². The highest BCUT2D eigenvalue weighted by atomic mass is 35.5. The average Bonchev–Trinajstić information content (AvgIpc) is 3.15. The smallest absolute Gasteiger partial charge is 0.157 e. The number of aromatic amines is 1. The molecule has 4 aromatic rings. The number of nitriles is 1. The third-order valence-electron chi connectivity index (χ3n) is 4.67. The van der Waals surface area contributed by atoms with E-state index in [0.29, 0.717) is 37.8 Å². The number of halogens is 3. The molecule has 3 aromatic carbocycles. The lowest BCUT2D eigenvalue weighted by Gasteiger charge is -2.12. The number of hydrogen-bond donors (Lipinski definition) is 1. The minimum absolute atomic E-state index is 0.232. The van der Waals surface area contributed by atoms with Crippen LogP contribution in [0, 0.1) is 18.3 Å². The number of aryl methyl sites for hydroxylation is 1. The molecule has 1 N–H and O–H groups in total. The number of aromatic nitrogens is 2. The lowest BCUT2D eigenvalue weighted by Crippen LogP contribution is -1.98. The Kier molecular flexibility index (Phi) is 6.20. The Labute approximate surface area is 194 Å². The van der Waals surface area contributed by atoms with Crippen LogP contribution in [0.25, 0.3) is 22.7 Å². The molecule has 0 aliphatic rings. The Bertz CT molecular complexity index is 1330. The maximum atomic E-state index is 9.67. The molecule has 154 valence electrons. The third-order valence-corrected chi connectivity index (χ3v) is 5.60. The number of hydrogen-bond acceptors (Lipinski definition) is 3. The van der Waals surface area contributed by atoms with Gasteiger partial charge in [0.1, 0.15) is 18.5 Å². The lowest BCUT2D eigenvalue weighted by molar-refractivity contribution is 0.306. The molecule has 4 nitrogen and oxygen atoms in total. The summed E-state index contributed by atoms with van der Waals surface area (Å²) in [6.45, 7) is 2.23. The zero-order valence-electron chi connectivity index (χ0n) is 16.4. The van der Waals surface area contributed by atoms with Crippen LogP contribution >= 0.6 is 34.8 Å². The van der Waals surface area contributed by atoms with E-state index in [9.17, 15) is 5.26 Å². The predicted octanol–water partition coefficient (Wildman–Crippen LogP) is 7.47. The van der Waals surface area contributed by atoms with Crippen molar-refractivity contribution in [3.05, 3.63) is 92.2 Å². The summed E-state index contributed by atoms with van der Waals surface area (Å²) in [5.41, 5.74) is 4.62. The second-order valence-corrected chi connectivity index (χ2v) is 8.19. The van der Waals surface area contributed by atoms with Crippen molar-refractivity contribution in [1.29, 1.82) is 5.26 Å². The Morgan fingerprint density at radius 1 is 1.06 bits per heavy atom. The van der Waals surface area contributed by atoms with E-state index >= 15 is 0 Å². The minimum atomic E-state index is 0.232.